The number of amides is 2. The monoisotopic (exact) mass is 503 g/mol. The number of carbonyl (C=O) groups excluding carboxylic acids is 2. The molecule has 0 saturated carbocycles. The molecule has 0 unspecified atom stereocenters. The average molecular weight is 504 g/mol. The predicted molar refractivity (Wildman–Crippen MR) is 150 cm³/mol. The number of amidine groups is 1. The molecule has 2 amide bonds. The maximum absolute atomic E-state index is 12.1. The largest absolute Gasteiger partial charge is 0.390 e. The molecule has 0 atom stereocenters. The van der Waals surface area contributed by atoms with Crippen molar-refractivity contribution in [2.75, 3.05) is 60.5 Å². The Morgan fingerprint density at radius 2 is 1.81 bits per heavy atom. The van der Waals surface area contributed by atoms with Crippen LogP contribution in [0.5, 0.6) is 0 Å². The quantitative estimate of drug-likeness (QED) is 0.0889. The molecule has 0 aromatic carbocycles. The maximum Gasteiger partial charge on any atom is 0.246 e. The minimum absolute atomic E-state index is 0.0198. The molecule has 0 bridgehead atoms. The van der Waals surface area contributed by atoms with Crippen LogP contribution in [0.25, 0.3) is 0 Å². The van der Waals surface area contributed by atoms with E-state index in [0.717, 1.165) is 31.5 Å². The van der Waals surface area contributed by atoms with E-state index in [1.165, 1.54) is 11.0 Å². The topological polar surface area (TPSA) is 115 Å². The lowest BCUT2D eigenvalue weighted by atomic mass is 9.92. The van der Waals surface area contributed by atoms with Crippen LogP contribution in [0.1, 0.15) is 53.4 Å². The number of hydrogen-bond donors (Lipinski definition) is 4. The van der Waals surface area contributed by atoms with Crippen LogP contribution in [0, 0.1) is 17.3 Å². The van der Waals surface area contributed by atoms with Crippen LogP contribution in [0.2, 0.25) is 0 Å². The fourth-order valence-electron chi connectivity index (χ4n) is 2.76. The summed E-state index contributed by atoms with van der Waals surface area (Å²) >= 11 is 0. The van der Waals surface area contributed by atoms with Gasteiger partial charge in [0.15, 0.2) is 0 Å². The van der Waals surface area contributed by atoms with Crippen LogP contribution in [0.4, 0.5) is 0 Å². The van der Waals surface area contributed by atoms with E-state index >= 15 is 0 Å². The van der Waals surface area contributed by atoms with E-state index in [1.807, 2.05) is 25.2 Å². The highest BCUT2D eigenvalue weighted by atomic mass is 16.2. The highest BCUT2D eigenvalue weighted by Gasteiger charge is 2.10. The fourth-order valence-corrected chi connectivity index (χ4v) is 2.76. The molecule has 0 aliphatic rings. The molecule has 0 aromatic heterocycles. The van der Waals surface area contributed by atoms with Crippen molar-refractivity contribution >= 4 is 17.6 Å². The van der Waals surface area contributed by atoms with Gasteiger partial charge in [0.25, 0.3) is 0 Å². The Kier molecular flexibility index (Phi) is 17.8. The molecule has 0 aliphatic carbocycles. The molecular formula is C27H49N7O2. The van der Waals surface area contributed by atoms with Crippen LogP contribution in [0.3, 0.4) is 0 Å². The molecule has 9 nitrogen and oxygen atoms in total. The van der Waals surface area contributed by atoms with E-state index in [1.54, 1.807) is 13.1 Å². The Hall–Kier alpha value is -2.83. The van der Waals surface area contributed by atoms with Crippen molar-refractivity contribution in [1.82, 2.24) is 25.8 Å². The van der Waals surface area contributed by atoms with Gasteiger partial charge in [0, 0.05) is 51.9 Å². The zero-order valence-electron chi connectivity index (χ0n) is 23.5. The van der Waals surface area contributed by atoms with Gasteiger partial charge in [0.05, 0.1) is 18.8 Å². The molecule has 0 aromatic rings. The van der Waals surface area contributed by atoms with Crippen LogP contribution in [-0.4, -0.2) is 88.0 Å². The van der Waals surface area contributed by atoms with Gasteiger partial charge in [0.2, 0.25) is 11.8 Å². The number of hydrogen-bond acceptors (Lipinski definition) is 6. The minimum atomic E-state index is -0.195. The lowest BCUT2D eigenvalue weighted by molar-refractivity contribution is -0.131. The summed E-state index contributed by atoms with van der Waals surface area (Å²) in [5.74, 6) is 6.68. The highest BCUT2D eigenvalue weighted by molar-refractivity contribution is 6.02. The molecule has 0 radical (unpaired) electrons. The summed E-state index contributed by atoms with van der Waals surface area (Å²) in [6.45, 7) is 11.7. The second-order valence-electron chi connectivity index (χ2n) is 10.1. The number of aliphatic imine (C=N–C) groups is 1. The van der Waals surface area contributed by atoms with Crippen molar-refractivity contribution in [2.24, 2.45) is 16.1 Å². The molecule has 0 saturated heterocycles. The number of rotatable bonds is 15. The fraction of sp³-hybridized carbons (Fsp3) is 0.667. The van der Waals surface area contributed by atoms with Crippen LogP contribution < -0.4 is 21.7 Å². The Balaban J connectivity index is 4.76. The highest BCUT2D eigenvalue weighted by Crippen LogP contribution is 2.16. The van der Waals surface area contributed by atoms with Gasteiger partial charge in [-0.05, 0) is 38.8 Å². The molecule has 0 spiro atoms. The zero-order valence-corrected chi connectivity index (χ0v) is 23.5. The zero-order chi connectivity index (χ0) is 27.4. The van der Waals surface area contributed by atoms with Gasteiger partial charge in [-0.2, -0.15) is 0 Å². The molecule has 0 heterocycles. The summed E-state index contributed by atoms with van der Waals surface area (Å²) in [4.78, 5) is 31.9. The van der Waals surface area contributed by atoms with Crippen molar-refractivity contribution in [3.63, 3.8) is 0 Å². The van der Waals surface area contributed by atoms with E-state index in [0.29, 0.717) is 31.8 Å². The number of likely N-dealkylation sites (N-methyl/N-ethyl adjacent to an activating group) is 2. The predicted octanol–water partition coefficient (Wildman–Crippen LogP) is 1.69. The first-order valence-electron chi connectivity index (χ1n) is 12.7. The first-order valence-corrected chi connectivity index (χ1v) is 12.7. The lowest BCUT2D eigenvalue weighted by Crippen LogP contribution is -2.38. The van der Waals surface area contributed by atoms with Crippen LogP contribution >= 0.6 is 0 Å². The van der Waals surface area contributed by atoms with Crippen molar-refractivity contribution in [3.05, 3.63) is 23.9 Å². The average Bonchev–Trinajstić information content (AvgIpc) is 2.79. The minimum Gasteiger partial charge on any atom is -0.390 e. The summed E-state index contributed by atoms with van der Waals surface area (Å²) in [5, 5.41) is 9.50. The van der Waals surface area contributed by atoms with E-state index in [9.17, 15) is 9.59 Å². The number of unbranched alkanes of at least 4 members (excludes halogenated alkanes) is 1. The van der Waals surface area contributed by atoms with E-state index in [2.05, 4.69) is 60.5 Å². The Bertz CT molecular complexity index is 799. The standard InChI is InChI=1S/C27H49N7O2/c1-8-16-31-26(32-22-28)23(20-29-18-15-27(2,3)4)13-10-9-11-17-30-24(35)21-34(7)25(36)14-12-19-33(5)6/h12,14,20,29H,8-9,11,15-19,21-22,28H2,1-7H3,(H,30,35)(H,31,32)/b14-12+,23-20-. The van der Waals surface area contributed by atoms with E-state index in [-0.39, 0.29) is 30.4 Å². The van der Waals surface area contributed by atoms with Gasteiger partial charge in [0.1, 0.15) is 5.84 Å². The van der Waals surface area contributed by atoms with Gasteiger partial charge < -0.3 is 31.5 Å². The third-order valence-electron chi connectivity index (χ3n) is 4.82. The van der Waals surface area contributed by atoms with Gasteiger partial charge in [-0.3, -0.25) is 14.6 Å². The smallest absolute Gasteiger partial charge is 0.246 e. The normalized spacial score (nSPS) is 12.4. The van der Waals surface area contributed by atoms with Crippen molar-refractivity contribution in [1.29, 1.82) is 0 Å². The maximum atomic E-state index is 12.1. The number of nitrogens with two attached hydrogens (primary N) is 1. The summed E-state index contributed by atoms with van der Waals surface area (Å²) in [6, 6.07) is 0. The van der Waals surface area contributed by atoms with Gasteiger partial charge >= 0.3 is 0 Å². The summed E-state index contributed by atoms with van der Waals surface area (Å²) in [5.41, 5.74) is 6.69. The number of nitrogens with one attached hydrogen (secondary N) is 3. The van der Waals surface area contributed by atoms with Crippen molar-refractivity contribution in [2.45, 2.75) is 53.4 Å². The van der Waals surface area contributed by atoms with Gasteiger partial charge in [-0.25, -0.2) is 0 Å². The Labute approximate surface area is 219 Å². The third kappa shape index (κ3) is 18.5. The molecule has 0 aliphatic heterocycles. The summed E-state index contributed by atoms with van der Waals surface area (Å²) < 4.78 is 0. The lowest BCUT2D eigenvalue weighted by Gasteiger charge is -2.17. The van der Waals surface area contributed by atoms with Gasteiger partial charge in [-0.1, -0.05) is 45.6 Å². The first-order chi connectivity index (χ1) is 17.0. The Morgan fingerprint density at radius 1 is 1.08 bits per heavy atom. The van der Waals surface area contributed by atoms with E-state index in [4.69, 9.17) is 5.73 Å². The summed E-state index contributed by atoms with van der Waals surface area (Å²) in [6.07, 6.45) is 8.49. The third-order valence-corrected chi connectivity index (χ3v) is 4.82. The molecule has 0 fully saturated rings. The molecule has 9 heteroatoms. The number of carbonyl (C=O) groups is 2. The van der Waals surface area contributed by atoms with Crippen LogP contribution in [0.15, 0.2) is 28.9 Å². The van der Waals surface area contributed by atoms with E-state index < -0.39 is 0 Å². The van der Waals surface area contributed by atoms with Crippen molar-refractivity contribution < 1.29 is 9.59 Å². The molecular weight excluding hydrogens is 454 g/mol. The molecule has 0 rings (SSSR count). The molecule has 204 valence electrons. The molecule has 5 N–H and O–H groups in total. The van der Waals surface area contributed by atoms with Crippen LogP contribution in [-0.2, 0) is 9.59 Å². The second-order valence-corrected chi connectivity index (χ2v) is 10.1. The summed E-state index contributed by atoms with van der Waals surface area (Å²) in [7, 11) is 5.47. The number of nitrogens with zero attached hydrogens (tertiary/aromatic N) is 3. The van der Waals surface area contributed by atoms with Crippen molar-refractivity contribution in [3.8, 4) is 11.8 Å². The van der Waals surface area contributed by atoms with Gasteiger partial charge in [-0.15, -0.1) is 0 Å². The molecule has 36 heavy (non-hydrogen) atoms. The second kappa shape index (κ2) is 19.4. The SMILES string of the molecule is CCCNC(=N/CN)/C(C#CCCCNC(=O)CN(C)C(=O)/C=C/CN(C)C)=C\NCCC(C)(C)C. The Morgan fingerprint density at radius 3 is 2.42 bits per heavy atom. The first kappa shape index (κ1) is 33.2.